The van der Waals surface area contributed by atoms with Gasteiger partial charge in [0.05, 0.1) is 10.5 Å². The van der Waals surface area contributed by atoms with Crippen molar-refractivity contribution in [2.45, 2.75) is 6.42 Å². The van der Waals surface area contributed by atoms with Crippen LogP contribution in [0.2, 0.25) is 0 Å². The quantitative estimate of drug-likeness (QED) is 0.148. The fourth-order valence-corrected chi connectivity index (χ4v) is 6.51. The van der Waals surface area contributed by atoms with E-state index in [1.165, 1.54) is 35.2 Å². The molecule has 5 rings (SSSR count). The summed E-state index contributed by atoms with van der Waals surface area (Å²) in [6.07, 6.45) is 3.30. The van der Waals surface area contributed by atoms with Gasteiger partial charge < -0.3 is 20.1 Å². The van der Waals surface area contributed by atoms with Crippen LogP contribution in [0.5, 0.6) is 5.75 Å². The molecule has 2 saturated heterocycles. The van der Waals surface area contributed by atoms with Crippen LogP contribution < -0.4 is 10.1 Å². The van der Waals surface area contributed by atoms with Crippen molar-refractivity contribution in [2.24, 2.45) is 0 Å². The van der Waals surface area contributed by atoms with Crippen molar-refractivity contribution < 1.29 is 37.8 Å². The Kier molecular flexibility index (Phi) is 11.5. The minimum atomic E-state index is -1.09. The molecule has 2 N–H and O–H groups in total. The van der Waals surface area contributed by atoms with Gasteiger partial charge in [-0.05, 0) is 65.7 Å². The number of aromatic carboxylic acids is 1. The molecule has 49 heavy (non-hydrogen) atoms. The van der Waals surface area contributed by atoms with Crippen LogP contribution in [0, 0.1) is 11.6 Å². The zero-order chi connectivity index (χ0) is 35.1. The molecule has 3 aromatic carbocycles. The molecule has 0 bridgehead atoms. The van der Waals surface area contributed by atoms with Crippen molar-refractivity contribution in [3.05, 3.63) is 101 Å². The number of amides is 3. The monoisotopic (exact) mass is 706 g/mol. The predicted octanol–water partition coefficient (Wildman–Crippen LogP) is 5.27. The van der Waals surface area contributed by atoms with Crippen LogP contribution in [-0.2, 0) is 14.4 Å². The van der Waals surface area contributed by atoms with Crippen LogP contribution in [0.3, 0.4) is 0 Å². The van der Waals surface area contributed by atoms with Gasteiger partial charge in [0.1, 0.15) is 10.1 Å². The summed E-state index contributed by atoms with van der Waals surface area (Å²) in [4.78, 5) is 55.6. The molecule has 2 aliphatic heterocycles. The second-order valence-corrected chi connectivity index (χ2v) is 12.8. The molecule has 0 radical (unpaired) electrons. The summed E-state index contributed by atoms with van der Waals surface area (Å²) in [7, 11) is 0. The second-order valence-electron chi connectivity index (χ2n) is 11.2. The van der Waals surface area contributed by atoms with E-state index >= 15 is 0 Å². The number of hydrogen-bond donors (Lipinski definition) is 2. The maximum absolute atomic E-state index is 14.1. The predicted molar refractivity (Wildman–Crippen MR) is 187 cm³/mol. The molecule has 0 saturated carbocycles. The summed E-state index contributed by atoms with van der Waals surface area (Å²) in [5.74, 6) is -3.83. The van der Waals surface area contributed by atoms with Crippen molar-refractivity contribution in [3.63, 3.8) is 0 Å². The highest BCUT2D eigenvalue weighted by atomic mass is 32.2. The zero-order valence-corrected chi connectivity index (χ0v) is 27.8. The molecule has 14 heteroatoms. The van der Waals surface area contributed by atoms with Gasteiger partial charge in [-0.3, -0.25) is 24.2 Å². The molecule has 3 aromatic rings. The van der Waals surface area contributed by atoms with Crippen molar-refractivity contribution in [1.29, 1.82) is 0 Å². The van der Waals surface area contributed by atoms with Crippen LogP contribution in [-0.4, -0.2) is 93.7 Å². The highest BCUT2D eigenvalue weighted by Crippen LogP contribution is 2.36. The number of piperazine rings is 1. The van der Waals surface area contributed by atoms with E-state index in [4.69, 9.17) is 22.1 Å². The maximum atomic E-state index is 14.1. The van der Waals surface area contributed by atoms with E-state index in [9.17, 15) is 28.0 Å². The van der Waals surface area contributed by atoms with Crippen molar-refractivity contribution in [1.82, 2.24) is 14.7 Å². The Morgan fingerprint density at radius 1 is 0.980 bits per heavy atom. The van der Waals surface area contributed by atoms with Gasteiger partial charge in [-0.15, -0.1) is 6.58 Å². The van der Waals surface area contributed by atoms with E-state index in [1.807, 2.05) is 6.08 Å². The molecule has 0 aliphatic carbocycles. The third kappa shape index (κ3) is 8.96. The third-order valence-electron chi connectivity index (χ3n) is 7.86. The highest BCUT2D eigenvalue weighted by Gasteiger charge is 2.32. The molecule has 0 spiro atoms. The first-order valence-corrected chi connectivity index (χ1v) is 16.5. The number of halogens is 2. The minimum Gasteiger partial charge on any atom is -0.483 e. The van der Waals surface area contributed by atoms with E-state index < -0.39 is 29.4 Å². The molecule has 2 fully saturated rings. The lowest BCUT2D eigenvalue weighted by Gasteiger charge is -2.34. The van der Waals surface area contributed by atoms with Gasteiger partial charge in [-0.25, -0.2) is 13.6 Å². The number of anilines is 1. The van der Waals surface area contributed by atoms with Gasteiger partial charge in [0, 0.05) is 56.9 Å². The number of nitrogens with one attached hydrogen (secondary N) is 1. The maximum Gasteiger partial charge on any atom is 0.335 e. The summed E-state index contributed by atoms with van der Waals surface area (Å²) in [6, 6.07) is 14.1. The molecule has 2 heterocycles. The van der Waals surface area contributed by atoms with Crippen LogP contribution in [0.1, 0.15) is 22.3 Å². The number of carboxylic acids is 1. The summed E-state index contributed by atoms with van der Waals surface area (Å²) in [5, 5.41) is 11.7. The Labute approximate surface area is 291 Å². The molecule has 10 nitrogen and oxygen atoms in total. The minimum absolute atomic E-state index is 0.00608. The summed E-state index contributed by atoms with van der Waals surface area (Å²) in [6.45, 7) is 6.78. The van der Waals surface area contributed by atoms with Crippen molar-refractivity contribution >= 4 is 63.8 Å². The second kappa shape index (κ2) is 16.0. The number of hydrogen-bond acceptors (Lipinski definition) is 8. The Morgan fingerprint density at radius 2 is 1.67 bits per heavy atom. The SMILES string of the molecule is C=CCN1CCN(C(=O)COc2ccc(-c3ccc(F)c(F)c3)cc2C=C2SC(=S)N(CCC(=O)Nc3ccc(C(=O)O)cc3)C2=O)CC1. The summed E-state index contributed by atoms with van der Waals surface area (Å²) < 4.78 is 33.9. The van der Waals surface area contributed by atoms with E-state index in [0.717, 1.165) is 43.5 Å². The first-order valence-electron chi connectivity index (χ1n) is 15.2. The summed E-state index contributed by atoms with van der Waals surface area (Å²) >= 11 is 6.48. The lowest BCUT2D eigenvalue weighted by atomic mass is 10.0. The number of carboxylic acid groups (broad SMARTS) is 1. The van der Waals surface area contributed by atoms with Gasteiger partial charge in [0.2, 0.25) is 5.91 Å². The van der Waals surface area contributed by atoms with Gasteiger partial charge in [-0.1, -0.05) is 42.2 Å². The lowest BCUT2D eigenvalue weighted by Crippen LogP contribution is -2.49. The average Bonchev–Trinajstić information content (AvgIpc) is 3.35. The molecule has 0 atom stereocenters. The Bertz CT molecular complexity index is 1830. The molecule has 3 amide bonds. The topological polar surface area (TPSA) is 119 Å². The fraction of sp³-hybridized carbons (Fsp3) is 0.229. The van der Waals surface area contributed by atoms with Crippen molar-refractivity contribution in [2.75, 3.05) is 51.2 Å². The fourth-order valence-electron chi connectivity index (χ4n) is 5.21. The zero-order valence-electron chi connectivity index (χ0n) is 26.2. The number of carbonyl (C=O) groups is 4. The van der Waals surface area contributed by atoms with Gasteiger partial charge in [-0.2, -0.15) is 0 Å². The number of thiocarbonyl (C=S) groups is 1. The average molecular weight is 707 g/mol. The number of thioether (sulfide) groups is 1. The number of carbonyl (C=O) groups excluding carboxylic acids is 3. The van der Waals surface area contributed by atoms with Crippen LogP contribution in [0.25, 0.3) is 17.2 Å². The lowest BCUT2D eigenvalue weighted by molar-refractivity contribution is -0.135. The standard InChI is InChI=1S/C35H32F2N4O6S2/c1-2-12-39-14-16-40(17-15-39)32(43)21-47-29-10-6-23(24-5-9-27(36)28(37)19-24)18-25(29)20-30-33(44)41(35(48)49-30)13-11-31(42)38-26-7-3-22(4-8-26)34(45)46/h2-10,18-20H,1,11-17,21H2,(H,38,42)(H,45,46). The molecule has 0 aromatic heterocycles. The highest BCUT2D eigenvalue weighted by molar-refractivity contribution is 8.26. The third-order valence-corrected chi connectivity index (χ3v) is 9.24. The number of nitrogens with zero attached hydrogens (tertiary/aromatic N) is 3. The van der Waals surface area contributed by atoms with Gasteiger partial charge in [0.25, 0.3) is 11.8 Å². The molecular formula is C35H32F2N4O6S2. The normalized spacial score (nSPS) is 15.8. The van der Waals surface area contributed by atoms with Crippen molar-refractivity contribution in [3.8, 4) is 16.9 Å². The first-order chi connectivity index (χ1) is 23.5. The van der Waals surface area contributed by atoms with Gasteiger partial charge >= 0.3 is 5.97 Å². The number of ether oxygens (including phenoxy) is 1. The number of benzene rings is 3. The van der Waals surface area contributed by atoms with Crippen LogP contribution >= 0.6 is 24.0 Å². The Morgan fingerprint density at radius 3 is 2.35 bits per heavy atom. The largest absolute Gasteiger partial charge is 0.483 e. The van der Waals surface area contributed by atoms with Crippen LogP contribution in [0.4, 0.5) is 14.5 Å². The molecular weight excluding hydrogens is 675 g/mol. The Balaban J connectivity index is 1.30. The van der Waals surface area contributed by atoms with E-state index in [1.54, 1.807) is 29.2 Å². The van der Waals surface area contributed by atoms with E-state index in [2.05, 4.69) is 16.8 Å². The van der Waals surface area contributed by atoms with Gasteiger partial charge in [0.15, 0.2) is 18.2 Å². The smallest absolute Gasteiger partial charge is 0.335 e. The van der Waals surface area contributed by atoms with Crippen LogP contribution in [0.15, 0.2) is 78.2 Å². The Hall–Kier alpha value is -4.92. The molecule has 0 unspecified atom stereocenters. The van der Waals surface area contributed by atoms with E-state index in [0.29, 0.717) is 41.2 Å². The first kappa shape index (κ1) is 35.4. The summed E-state index contributed by atoms with van der Waals surface area (Å²) in [5.41, 5.74) is 1.81. The molecule has 2 aliphatic rings. The molecule has 254 valence electrons. The van der Waals surface area contributed by atoms with E-state index in [-0.39, 0.29) is 40.3 Å². The number of rotatable bonds is 12.